The number of amides is 3. The highest BCUT2D eigenvalue weighted by molar-refractivity contribution is 5.92. The Kier molecular flexibility index (Phi) is 9.97. The van der Waals surface area contributed by atoms with E-state index in [4.69, 9.17) is 5.73 Å². The van der Waals surface area contributed by atoms with Gasteiger partial charge < -0.3 is 26.8 Å². The maximum atomic E-state index is 12.7. The van der Waals surface area contributed by atoms with Gasteiger partial charge in [-0.25, -0.2) is 4.79 Å². The molecule has 3 atom stereocenters. The van der Waals surface area contributed by atoms with Crippen molar-refractivity contribution in [2.24, 2.45) is 17.6 Å². The van der Waals surface area contributed by atoms with E-state index in [0.717, 1.165) is 5.56 Å². The maximum absolute atomic E-state index is 12.7. The molecule has 9 nitrogen and oxygen atoms in total. The molecule has 1 aromatic rings. The lowest BCUT2D eigenvalue weighted by atomic mass is 10.0. The molecule has 1 aromatic carbocycles. The van der Waals surface area contributed by atoms with Crippen molar-refractivity contribution in [3.8, 4) is 0 Å². The van der Waals surface area contributed by atoms with Gasteiger partial charge >= 0.3 is 5.97 Å². The Morgan fingerprint density at radius 1 is 0.933 bits per heavy atom. The fourth-order valence-corrected chi connectivity index (χ4v) is 2.66. The summed E-state index contributed by atoms with van der Waals surface area (Å²) in [6.45, 7) is 6.70. The summed E-state index contributed by atoms with van der Waals surface area (Å²) in [6.07, 6.45) is 0.115. The molecule has 0 saturated carbocycles. The molecule has 3 unspecified atom stereocenters. The minimum absolute atomic E-state index is 0.0835. The molecule has 0 fully saturated rings. The lowest BCUT2D eigenvalue weighted by Gasteiger charge is -2.24. The summed E-state index contributed by atoms with van der Waals surface area (Å²) in [4.78, 5) is 48.3. The van der Waals surface area contributed by atoms with Crippen molar-refractivity contribution in [3.05, 3.63) is 35.9 Å². The molecule has 0 radical (unpaired) electrons. The summed E-state index contributed by atoms with van der Waals surface area (Å²) in [7, 11) is 0. The van der Waals surface area contributed by atoms with Crippen molar-refractivity contribution in [2.45, 2.75) is 52.2 Å². The van der Waals surface area contributed by atoms with Crippen molar-refractivity contribution in [1.29, 1.82) is 0 Å². The standard InChI is InChI=1S/C21H32N4O5/c1-12(2)17(22)19(27)23-11-16(26)25-18(13(3)4)20(28)24-15(21(29)30)10-14-8-6-5-7-9-14/h5-9,12-13,15,17-18H,10-11,22H2,1-4H3,(H,23,27)(H,24,28)(H,25,26)(H,29,30). The maximum Gasteiger partial charge on any atom is 0.326 e. The number of benzene rings is 1. The van der Waals surface area contributed by atoms with Gasteiger partial charge in [0, 0.05) is 6.42 Å². The smallest absolute Gasteiger partial charge is 0.326 e. The number of hydrogen-bond acceptors (Lipinski definition) is 5. The average molecular weight is 421 g/mol. The van der Waals surface area contributed by atoms with E-state index < -0.39 is 41.8 Å². The normalized spacial score (nSPS) is 14.0. The second-order valence-electron chi connectivity index (χ2n) is 7.87. The van der Waals surface area contributed by atoms with Crippen molar-refractivity contribution in [3.63, 3.8) is 0 Å². The van der Waals surface area contributed by atoms with Crippen LogP contribution in [0.15, 0.2) is 30.3 Å². The van der Waals surface area contributed by atoms with Crippen LogP contribution in [0.4, 0.5) is 0 Å². The molecule has 3 amide bonds. The molecule has 0 heterocycles. The highest BCUT2D eigenvalue weighted by Gasteiger charge is 2.29. The number of aliphatic carboxylic acids is 1. The van der Waals surface area contributed by atoms with Crippen LogP contribution in [0.5, 0.6) is 0 Å². The first-order valence-corrected chi connectivity index (χ1v) is 9.92. The van der Waals surface area contributed by atoms with Crippen LogP contribution >= 0.6 is 0 Å². The van der Waals surface area contributed by atoms with E-state index in [1.807, 2.05) is 6.07 Å². The quantitative estimate of drug-likeness (QED) is 0.341. The number of carbonyl (C=O) groups excluding carboxylic acids is 3. The van der Waals surface area contributed by atoms with Crippen LogP contribution in [-0.2, 0) is 25.6 Å². The SMILES string of the molecule is CC(C)C(N)C(=O)NCC(=O)NC(C(=O)NC(Cc1ccccc1)C(=O)O)C(C)C. The van der Waals surface area contributed by atoms with Gasteiger partial charge in [-0.3, -0.25) is 14.4 Å². The van der Waals surface area contributed by atoms with Crippen LogP contribution in [0.2, 0.25) is 0 Å². The van der Waals surface area contributed by atoms with Crippen LogP contribution in [0.25, 0.3) is 0 Å². The van der Waals surface area contributed by atoms with Crippen LogP contribution in [0.3, 0.4) is 0 Å². The fourth-order valence-electron chi connectivity index (χ4n) is 2.66. The second-order valence-corrected chi connectivity index (χ2v) is 7.87. The number of carboxylic acids is 1. The van der Waals surface area contributed by atoms with E-state index in [1.165, 1.54) is 0 Å². The topological polar surface area (TPSA) is 151 Å². The molecule has 166 valence electrons. The Morgan fingerprint density at radius 3 is 2.03 bits per heavy atom. The molecular formula is C21H32N4O5. The summed E-state index contributed by atoms with van der Waals surface area (Å²) in [5.41, 5.74) is 6.49. The summed E-state index contributed by atoms with van der Waals surface area (Å²) in [5, 5.41) is 16.9. The largest absolute Gasteiger partial charge is 0.480 e. The molecule has 1 rings (SSSR count). The zero-order chi connectivity index (χ0) is 22.8. The average Bonchev–Trinajstić information content (AvgIpc) is 2.69. The first kappa shape index (κ1) is 25.1. The summed E-state index contributed by atoms with van der Waals surface area (Å²) < 4.78 is 0. The highest BCUT2D eigenvalue weighted by Crippen LogP contribution is 2.07. The van der Waals surface area contributed by atoms with Gasteiger partial charge in [-0.1, -0.05) is 58.0 Å². The molecule has 0 aliphatic heterocycles. The van der Waals surface area contributed by atoms with Crippen molar-refractivity contribution in [2.75, 3.05) is 6.54 Å². The first-order chi connectivity index (χ1) is 14.0. The van der Waals surface area contributed by atoms with E-state index in [-0.39, 0.29) is 24.8 Å². The predicted molar refractivity (Wildman–Crippen MR) is 112 cm³/mol. The number of nitrogens with one attached hydrogen (secondary N) is 3. The molecule has 0 aliphatic rings. The fraction of sp³-hybridized carbons (Fsp3) is 0.524. The van der Waals surface area contributed by atoms with Gasteiger partial charge in [-0.15, -0.1) is 0 Å². The number of carbonyl (C=O) groups is 4. The lowest BCUT2D eigenvalue weighted by molar-refractivity contribution is -0.142. The van der Waals surface area contributed by atoms with Gasteiger partial charge in [0.2, 0.25) is 17.7 Å². The Labute approximate surface area is 176 Å². The number of nitrogens with two attached hydrogens (primary N) is 1. The van der Waals surface area contributed by atoms with Crippen LogP contribution < -0.4 is 21.7 Å². The molecule has 30 heavy (non-hydrogen) atoms. The van der Waals surface area contributed by atoms with Gasteiger partial charge in [0.05, 0.1) is 12.6 Å². The van der Waals surface area contributed by atoms with Crippen LogP contribution in [0, 0.1) is 11.8 Å². The number of carboxylic acid groups (broad SMARTS) is 1. The Bertz CT molecular complexity index is 736. The van der Waals surface area contributed by atoms with Gasteiger partial charge in [-0.2, -0.15) is 0 Å². The Balaban J connectivity index is 2.71. The minimum atomic E-state index is -1.17. The van der Waals surface area contributed by atoms with Gasteiger partial charge in [0.1, 0.15) is 12.1 Å². The first-order valence-electron chi connectivity index (χ1n) is 9.92. The van der Waals surface area contributed by atoms with E-state index in [9.17, 15) is 24.3 Å². The van der Waals surface area contributed by atoms with E-state index in [1.54, 1.807) is 52.0 Å². The Hall–Kier alpha value is -2.94. The third-order valence-corrected chi connectivity index (χ3v) is 4.61. The van der Waals surface area contributed by atoms with Crippen molar-refractivity contribution < 1.29 is 24.3 Å². The van der Waals surface area contributed by atoms with E-state index in [2.05, 4.69) is 16.0 Å². The van der Waals surface area contributed by atoms with E-state index >= 15 is 0 Å². The second kappa shape index (κ2) is 11.9. The molecule has 0 spiro atoms. The molecule has 0 bridgehead atoms. The van der Waals surface area contributed by atoms with Gasteiger partial charge in [0.25, 0.3) is 0 Å². The molecule has 0 saturated heterocycles. The highest BCUT2D eigenvalue weighted by atomic mass is 16.4. The summed E-state index contributed by atoms with van der Waals surface area (Å²) >= 11 is 0. The lowest BCUT2D eigenvalue weighted by Crippen LogP contribution is -2.56. The predicted octanol–water partition coefficient (Wildman–Crippen LogP) is 0.0388. The van der Waals surface area contributed by atoms with Gasteiger partial charge in [-0.05, 0) is 17.4 Å². The van der Waals surface area contributed by atoms with Crippen molar-refractivity contribution in [1.82, 2.24) is 16.0 Å². The van der Waals surface area contributed by atoms with Crippen LogP contribution in [0.1, 0.15) is 33.3 Å². The molecule has 6 N–H and O–H groups in total. The third kappa shape index (κ3) is 8.20. The minimum Gasteiger partial charge on any atom is -0.480 e. The summed E-state index contributed by atoms with van der Waals surface area (Å²) in [5.74, 6) is -3.18. The number of hydrogen-bond donors (Lipinski definition) is 5. The Morgan fingerprint density at radius 2 is 1.53 bits per heavy atom. The molecular weight excluding hydrogens is 388 g/mol. The van der Waals surface area contributed by atoms with Crippen LogP contribution in [-0.4, -0.2) is 53.5 Å². The molecule has 0 aliphatic carbocycles. The van der Waals surface area contributed by atoms with E-state index in [0.29, 0.717) is 0 Å². The zero-order valence-corrected chi connectivity index (χ0v) is 17.8. The third-order valence-electron chi connectivity index (χ3n) is 4.61. The summed E-state index contributed by atoms with van der Waals surface area (Å²) in [6, 6.07) is 6.10. The van der Waals surface area contributed by atoms with Crippen molar-refractivity contribution >= 4 is 23.7 Å². The number of rotatable bonds is 11. The zero-order valence-electron chi connectivity index (χ0n) is 17.8. The monoisotopic (exact) mass is 420 g/mol. The molecule has 9 heteroatoms. The molecule has 0 aromatic heterocycles. The van der Waals surface area contributed by atoms with Gasteiger partial charge in [0.15, 0.2) is 0 Å².